The minimum Gasteiger partial charge on any atom is -0.462 e. The Bertz CT molecular complexity index is 722. The van der Waals surface area contributed by atoms with E-state index < -0.39 is 5.97 Å². The van der Waals surface area contributed by atoms with Crippen LogP contribution < -0.4 is 0 Å². The van der Waals surface area contributed by atoms with Gasteiger partial charge in [-0.2, -0.15) is 0 Å². The lowest BCUT2D eigenvalue weighted by atomic mass is 10.1. The van der Waals surface area contributed by atoms with Gasteiger partial charge in [0.05, 0.1) is 23.5 Å². The summed E-state index contributed by atoms with van der Waals surface area (Å²) in [4.78, 5) is 28.7. The van der Waals surface area contributed by atoms with E-state index in [1.54, 1.807) is 32.9 Å². The van der Waals surface area contributed by atoms with Gasteiger partial charge in [-0.1, -0.05) is 11.6 Å². The average molecular weight is 352 g/mol. The lowest BCUT2D eigenvalue weighted by molar-refractivity contribution is 0.0522. The fraction of sp³-hybridized carbons (Fsp3) is 0.294. The smallest absolute Gasteiger partial charge is 0.340 e. The summed E-state index contributed by atoms with van der Waals surface area (Å²) in [6.07, 6.45) is 0. The Morgan fingerprint density at radius 3 is 2.35 bits per heavy atom. The molecule has 0 aliphatic rings. The molecule has 0 spiro atoms. The van der Waals surface area contributed by atoms with Crippen LogP contribution in [0.15, 0.2) is 29.2 Å². The first kappa shape index (κ1) is 17.6. The van der Waals surface area contributed by atoms with Gasteiger partial charge in [-0.05, 0) is 45.0 Å². The van der Waals surface area contributed by atoms with Gasteiger partial charge in [-0.3, -0.25) is 4.79 Å². The maximum Gasteiger partial charge on any atom is 0.340 e. The van der Waals surface area contributed by atoms with Gasteiger partial charge in [0, 0.05) is 21.3 Å². The topological polar surface area (TPSA) is 59.2 Å². The second-order valence-electron chi connectivity index (χ2n) is 5.01. The molecule has 0 radical (unpaired) electrons. The van der Waals surface area contributed by atoms with E-state index in [4.69, 9.17) is 16.3 Å². The van der Waals surface area contributed by atoms with Crippen molar-refractivity contribution in [2.24, 2.45) is 0 Å². The van der Waals surface area contributed by atoms with Crippen molar-refractivity contribution in [2.75, 3.05) is 12.4 Å². The zero-order chi connectivity index (χ0) is 17.0. The van der Waals surface area contributed by atoms with Gasteiger partial charge in [0.25, 0.3) is 0 Å². The third-order valence-corrected chi connectivity index (χ3v) is 4.58. The van der Waals surface area contributed by atoms with Crippen molar-refractivity contribution in [1.29, 1.82) is 0 Å². The number of nitrogens with one attached hydrogen (secondary N) is 1. The molecule has 0 saturated heterocycles. The molecule has 0 unspecified atom stereocenters. The molecular formula is C17H18ClNO3S. The number of carbonyl (C=O) groups excluding carboxylic acids is 2. The number of aromatic amines is 1. The molecule has 1 aromatic carbocycles. The number of aryl methyl sites for hydroxylation is 2. The van der Waals surface area contributed by atoms with E-state index in [1.165, 1.54) is 11.8 Å². The van der Waals surface area contributed by atoms with E-state index in [2.05, 4.69) is 4.98 Å². The van der Waals surface area contributed by atoms with Crippen molar-refractivity contribution in [2.45, 2.75) is 25.7 Å². The second kappa shape index (κ2) is 7.70. The number of rotatable bonds is 6. The van der Waals surface area contributed by atoms with Gasteiger partial charge in [-0.25, -0.2) is 4.79 Å². The predicted molar refractivity (Wildman–Crippen MR) is 92.7 cm³/mol. The molecule has 1 aromatic heterocycles. The van der Waals surface area contributed by atoms with Crippen LogP contribution in [-0.4, -0.2) is 29.1 Å². The second-order valence-corrected chi connectivity index (χ2v) is 6.50. The highest BCUT2D eigenvalue weighted by atomic mass is 35.5. The maximum atomic E-state index is 12.6. The normalized spacial score (nSPS) is 10.6. The summed E-state index contributed by atoms with van der Waals surface area (Å²) in [7, 11) is 0. The van der Waals surface area contributed by atoms with E-state index in [9.17, 15) is 9.59 Å². The molecule has 0 fully saturated rings. The maximum absolute atomic E-state index is 12.6. The molecule has 0 amide bonds. The summed E-state index contributed by atoms with van der Waals surface area (Å²) in [5.74, 6) is -0.323. The van der Waals surface area contributed by atoms with Crippen LogP contribution >= 0.6 is 23.4 Å². The minimum atomic E-state index is -0.464. The van der Waals surface area contributed by atoms with E-state index in [0.717, 1.165) is 4.90 Å². The van der Waals surface area contributed by atoms with Crippen molar-refractivity contribution >= 4 is 35.1 Å². The van der Waals surface area contributed by atoms with Crippen molar-refractivity contribution in [3.05, 3.63) is 51.8 Å². The van der Waals surface area contributed by atoms with Crippen LogP contribution in [0.4, 0.5) is 0 Å². The number of ether oxygens (including phenoxy) is 1. The molecular weight excluding hydrogens is 334 g/mol. The first-order chi connectivity index (χ1) is 10.9. The Morgan fingerprint density at radius 2 is 1.74 bits per heavy atom. The standard InChI is InChI=1S/C17H18ClNO3S/c1-4-22-17(21)16-11(3)19-10(2)15(16)14(20)9-23-13-7-5-12(18)6-8-13/h5-8,19H,4,9H2,1-3H3. The number of ketones is 1. The van der Waals surface area contributed by atoms with Crippen molar-refractivity contribution in [1.82, 2.24) is 4.98 Å². The number of Topliss-reactive ketones (excluding diaryl/α,β-unsaturated/α-hetero) is 1. The molecule has 6 heteroatoms. The minimum absolute atomic E-state index is 0.102. The molecule has 0 atom stereocenters. The number of carbonyl (C=O) groups is 2. The number of thioether (sulfide) groups is 1. The Hall–Kier alpha value is -1.72. The molecule has 0 saturated carbocycles. The molecule has 122 valence electrons. The third-order valence-electron chi connectivity index (χ3n) is 3.32. The largest absolute Gasteiger partial charge is 0.462 e. The van der Waals surface area contributed by atoms with Crippen LogP contribution in [-0.2, 0) is 4.74 Å². The molecule has 0 aliphatic carbocycles. The molecule has 0 bridgehead atoms. The van der Waals surface area contributed by atoms with Crippen molar-refractivity contribution in [3.8, 4) is 0 Å². The highest BCUT2D eigenvalue weighted by Crippen LogP contribution is 2.25. The first-order valence-electron chi connectivity index (χ1n) is 7.21. The number of esters is 1. The van der Waals surface area contributed by atoms with Crippen LogP contribution in [0.5, 0.6) is 0 Å². The Kier molecular flexibility index (Phi) is 5.91. The van der Waals surface area contributed by atoms with Crippen molar-refractivity contribution in [3.63, 3.8) is 0 Å². The number of hydrogen-bond donors (Lipinski definition) is 1. The van der Waals surface area contributed by atoms with Crippen LogP contribution in [0.1, 0.15) is 39.0 Å². The highest BCUT2D eigenvalue weighted by molar-refractivity contribution is 8.00. The Labute approximate surface area is 144 Å². The fourth-order valence-corrected chi connectivity index (χ4v) is 3.24. The number of halogens is 1. The number of hydrogen-bond acceptors (Lipinski definition) is 4. The van der Waals surface area contributed by atoms with Gasteiger partial charge in [-0.15, -0.1) is 11.8 Å². The predicted octanol–water partition coefficient (Wildman–Crippen LogP) is 4.44. The van der Waals surface area contributed by atoms with Crippen LogP contribution in [0, 0.1) is 13.8 Å². The molecule has 1 N–H and O–H groups in total. The summed E-state index contributed by atoms with van der Waals surface area (Å²) in [6, 6.07) is 7.29. The van der Waals surface area contributed by atoms with Crippen LogP contribution in [0.2, 0.25) is 5.02 Å². The SMILES string of the molecule is CCOC(=O)c1c(C)[nH]c(C)c1C(=O)CSc1ccc(Cl)cc1. The van der Waals surface area contributed by atoms with E-state index in [1.807, 2.05) is 12.1 Å². The van der Waals surface area contributed by atoms with Crippen molar-refractivity contribution < 1.29 is 14.3 Å². The fourth-order valence-electron chi connectivity index (χ4n) is 2.34. The number of H-pyrrole nitrogens is 1. The van der Waals surface area contributed by atoms with Gasteiger partial charge in [0.15, 0.2) is 5.78 Å². The lowest BCUT2D eigenvalue weighted by Crippen LogP contribution is -2.13. The Morgan fingerprint density at radius 1 is 1.13 bits per heavy atom. The quantitative estimate of drug-likeness (QED) is 0.475. The van der Waals surface area contributed by atoms with Gasteiger partial charge in [0.1, 0.15) is 0 Å². The van der Waals surface area contributed by atoms with E-state index >= 15 is 0 Å². The van der Waals surface area contributed by atoms with E-state index in [-0.39, 0.29) is 18.1 Å². The zero-order valence-corrected chi connectivity index (χ0v) is 14.8. The highest BCUT2D eigenvalue weighted by Gasteiger charge is 2.25. The van der Waals surface area contributed by atoms with Gasteiger partial charge in [0.2, 0.25) is 0 Å². The molecule has 23 heavy (non-hydrogen) atoms. The summed E-state index contributed by atoms with van der Waals surface area (Å²) >= 11 is 7.26. The summed E-state index contributed by atoms with van der Waals surface area (Å²) < 4.78 is 5.06. The summed E-state index contributed by atoms with van der Waals surface area (Å²) in [6.45, 7) is 5.57. The third kappa shape index (κ3) is 4.18. The van der Waals surface area contributed by atoms with Gasteiger partial charge < -0.3 is 9.72 Å². The number of aromatic nitrogens is 1. The first-order valence-corrected chi connectivity index (χ1v) is 8.58. The number of benzene rings is 1. The molecule has 0 aliphatic heterocycles. The van der Waals surface area contributed by atoms with E-state index in [0.29, 0.717) is 27.5 Å². The summed E-state index contributed by atoms with van der Waals surface area (Å²) in [5.41, 5.74) is 2.10. The molecule has 4 nitrogen and oxygen atoms in total. The van der Waals surface area contributed by atoms with Crippen LogP contribution in [0.25, 0.3) is 0 Å². The monoisotopic (exact) mass is 351 g/mol. The summed E-state index contributed by atoms with van der Waals surface area (Å²) in [5, 5.41) is 0.655. The zero-order valence-electron chi connectivity index (χ0n) is 13.2. The Balaban J connectivity index is 2.18. The average Bonchev–Trinajstić information content (AvgIpc) is 2.81. The molecule has 2 rings (SSSR count). The molecule has 2 aromatic rings. The van der Waals surface area contributed by atoms with Gasteiger partial charge >= 0.3 is 5.97 Å². The van der Waals surface area contributed by atoms with Crippen LogP contribution in [0.3, 0.4) is 0 Å². The molecule has 1 heterocycles. The lowest BCUT2D eigenvalue weighted by Gasteiger charge is -2.06.